The summed E-state index contributed by atoms with van der Waals surface area (Å²) >= 11 is 0. The predicted octanol–water partition coefficient (Wildman–Crippen LogP) is 2.18. The number of methoxy groups -OCH3 is 1. The number of aryl methyl sites for hydroxylation is 1. The van der Waals surface area contributed by atoms with Crippen molar-refractivity contribution in [1.29, 1.82) is 0 Å². The Balaban J connectivity index is 2.36. The van der Waals surface area contributed by atoms with Crippen LogP contribution in [0.25, 0.3) is 0 Å². The van der Waals surface area contributed by atoms with Crippen LogP contribution in [0, 0.1) is 5.92 Å². The fraction of sp³-hybridized carbons (Fsp3) is 0.500. The maximum absolute atomic E-state index is 11.6. The van der Waals surface area contributed by atoms with Crippen LogP contribution in [0.1, 0.15) is 25.3 Å². The van der Waals surface area contributed by atoms with Crippen LogP contribution in [0.4, 0.5) is 0 Å². The third-order valence-electron chi connectivity index (χ3n) is 2.83. The number of ketones is 1. The van der Waals surface area contributed by atoms with Crippen LogP contribution in [-0.2, 0) is 11.2 Å². The van der Waals surface area contributed by atoms with Crippen molar-refractivity contribution in [2.75, 3.05) is 13.7 Å². The number of benzene rings is 1. The van der Waals surface area contributed by atoms with Gasteiger partial charge in [-0.1, -0.05) is 19.1 Å². The van der Waals surface area contributed by atoms with Gasteiger partial charge in [-0.2, -0.15) is 0 Å². The van der Waals surface area contributed by atoms with Crippen molar-refractivity contribution in [2.45, 2.75) is 26.2 Å². The van der Waals surface area contributed by atoms with E-state index >= 15 is 0 Å². The highest BCUT2D eigenvalue weighted by atomic mass is 16.5. The standard InChI is InChI=1S/C14H21NO2/c1-11(10-15)9-13(16)6-3-12-4-7-14(17-2)8-5-12/h4-5,7-8,11H,3,6,9-10,15H2,1-2H3. The molecule has 3 nitrogen and oxygen atoms in total. The first kappa shape index (κ1) is 13.7. The van der Waals surface area contributed by atoms with Gasteiger partial charge >= 0.3 is 0 Å². The topological polar surface area (TPSA) is 52.3 Å². The Kier molecular flexibility index (Phi) is 5.70. The number of ether oxygens (including phenoxy) is 1. The summed E-state index contributed by atoms with van der Waals surface area (Å²) in [7, 11) is 1.65. The number of carbonyl (C=O) groups excluding carboxylic acids is 1. The smallest absolute Gasteiger partial charge is 0.133 e. The van der Waals surface area contributed by atoms with E-state index in [9.17, 15) is 4.79 Å². The van der Waals surface area contributed by atoms with Gasteiger partial charge in [0.15, 0.2) is 0 Å². The van der Waals surface area contributed by atoms with E-state index in [-0.39, 0.29) is 0 Å². The Bertz CT molecular complexity index is 346. The van der Waals surface area contributed by atoms with Gasteiger partial charge in [0.05, 0.1) is 7.11 Å². The average molecular weight is 235 g/mol. The van der Waals surface area contributed by atoms with Gasteiger partial charge < -0.3 is 10.5 Å². The van der Waals surface area contributed by atoms with Crippen LogP contribution in [0.3, 0.4) is 0 Å². The molecule has 0 fully saturated rings. The largest absolute Gasteiger partial charge is 0.497 e. The Labute approximate surface area is 103 Å². The van der Waals surface area contributed by atoms with Gasteiger partial charge in [-0.15, -0.1) is 0 Å². The summed E-state index contributed by atoms with van der Waals surface area (Å²) in [6.45, 7) is 2.58. The fourth-order valence-electron chi connectivity index (χ4n) is 1.65. The molecule has 0 heterocycles. The first-order valence-corrected chi connectivity index (χ1v) is 6.00. The molecule has 0 aromatic heterocycles. The van der Waals surface area contributed by atoms with Crippen LogP contribution in [-0.4, -0.2) is 19.4 Å². The van der Waals surface area contributed by atoms with Gasteiger partial charge in [0.25, 0.3) is 0 Å². The predicted molar refractivity (Wildman–Crippen MR) is 69.2 cm³/mol. The number of Topliss-reactive ketones (excluding diaryl/α,β-unsaturated/α-hetero) is 1. The number of nitrogens with two attached hydrogens (primary N) is 1. The Morgan fingerprint density at radius 1 is 1.35 bits per heavy atom. The fourth-order valence-corrected chi connectivity index (χ4v) is 1.65. The number of rotatable bonds is 7. The van der Waals surface area contributed by atoms with E-state index in [4.69, 9.17) is 10.5 Å². The zero-order valence-electron chi connectivity index (χ0n) is 10.6. The highest BCUT2D eigenvalue weighted by molar-refractivity contribution is 5.78. The molecule has 1 aromatic carbocycles. The van der Waals surface area contributed by atoms with E-state index in [0.29, 0.717) is 31.1 Å². The summed E-state index contributed by atoms with van der Waals surface area (Å²) in [6, 6.07) is 7.83. The van der Waals surface area contributed by atoms with Crippen LogP contribution >= 0.6 is 0 Å². The molecule has 1 rings (SSSR count). The molecule has 0 saturated heterocycles. The van der Waals surface area contributed by atoms with Crippen molar-refractivity contribution in [3.05, 3.63) is 29.8 Å². The second kappa shape index (κ2) is 7.07. The van der Waals surface area contributed by atoms with Gasteiger partial charge in [-0.05, 0) is 36.6 Å². The van der Waals surface area contributed by atoms with Gasteiger partial charge in [0.2, 0.25) is 0 Å². The van der Waals surface area contributed by atoms with E-state index in [1.807, 2.05) is 31.2 Å². The lowest BCUT2D eigenvalue weighted by Gasteiger charge is -2.07. The molecule has 3 heteroatoms. The monoisotopic (exact) mass is 235 g/mol. The molecule has 1 atom stereocenters. The third kappa shape index (κ3) is 5.00. The van der Waals surface area contributed by atoms with Crippen molar-refractivity contribution in [1.82, 2.24) is 0 Å². The summed E-state index contributed by atoms with van der Waals surface area (Å²) in [5.41, 5.74) is 6.66. The summed E-state index contributed by atoms with van der Waals surface area (Å²) in [4.78, 5) is 11.6. The van der Waals surface area contributed by atoms with E-state index in [1.165, 1.54) is 5.56 Å². The lowest BCUT2D eigenvalue weighted by atomic mass is 10.00. The number of carbonyl (C=O) groups is 1. The molecule has 0 bridgehead atoms. The van der Waals surface area contributed by atoms with Crippen molar-refractivity contribution in [3.63, 3.8) is 0 Å². The van der Waals surface area contributed by atoms with E-state index in [2.05, 4.69) is 0 Å². The van der Waals surface area contributed by atoms with Gasteiger partial charge in [-0.3, -0.25) is 4.79 Å². The molecular formula is C14H21NO2. The van der Waals surface area contributed by atoms with Gasteiger partial charge in [-0.25, -0.2) is 0 Å². The highest BCUT2D eigenvalue weighted by Crippen LogP contribution is 2.13. The Hall–Kier alpha value is -1.35. The minimum absolute atomic E-state index is 0.290. The molecule has 94 valence electrons. The molecule has 0 spiro atoms. The van der Waals surface area contributed by atoms with Crippen molar-refractivity contribution >= 4 is 5.78 Å². The lowest BCUT2D eigenvalue weighted by molar-refractivity contribution is -0.119. The number of hydrogen-bond acceptors (Lipinski definition) is 3. The first-order valence-electron chi connectivity index (χ1n) is 6.00. The minimum Gasteiger partial charge on any atom is -0.497 e. The molecule has 1 aromatic rings. The maximum Gasteiger partial charge on any atom is 0.133 e. The maximum atomic E-state index is 11.6. The Morgan fingerprint density at radius 2 is 2.00 bits per heavy atom. The van der Waals surface area contributed by atoms with Crippen molar-refractivity contribution < 1.29 is 9.53 Å². The van der Waals surface area contributed by atoms with Crippen LogP contribution < -0.4 is 10.5 Å². The van der Waals surface area contributed by atoms with Crippen LogP contribution in [0.2, 0.25) is 0 Å². The lowest BCUT2D eigenvalue weighted by Crippen LogP contribution is -2.15. The molecule has 0 aliphatic carbocycles. The van der Waals surface area contributed by atoms with E-state index < -0.39 is 0 Å². The molecule has 0 radical (unpaired) electrons. The first-order chi connectivity index (χ1) is 8.15. The minimum atomic E-state index is 0.290. The summed E-state index contributed by atoms with van der Waals surface area (Å²) < 4.78 is 5.08. The second-order valence-electron chi connectivity index (χ2n) is 4.43. The second-order valence-corrected chi connectivity index (χ2v) is 4.43. The summed E-state index contributed by atoms with van der Waals surface area (Å²) in [5.74, 6) is 1.42. The highest BCUT2D eigenvalue weighted by Gasteiger charge is 2.07. The van der Waals surface area contributed by atoms with Crippen molar-refractivity contribution in [2.24, 2.45) is 11.7 Å². The molecule has 0 saturated carbocycles. The molecule has 1 unspecified atom stereocenters. The van der Waals surface area contributed by atoms with Gasteiger partial charge in [0.1, 0.15) is 11.5 Å². The van der Waals surface area contributed by atoms with Crippen LogP contribution in [0.15, 0.2) is 24.3 Å². The SMILES string of the molecule is COc1ccc(CCC(=O)CC(C)CN)cc1. The van der Waals surface area contributed by atoms with E-state index in [1.54, 1.807) is 7.11 Å². The van der Waals surface area contributed by atoms with Crippen LogP contribution in [0.5, 0.6) is 5.75 Å². The molecular weight excluding hydrogens is 214 g/mol. The molecule has 0 amide bonds. The van der Waals surface area contributed by atoms with Crippen molar-refractivity contribution in [3.8, 4) is 5.75 Å². The van der Waals surface area contributed by atoms with Gasteiger partial charge in [0, 0.05) is 12.8 Å². The third-order valence-corrected chi connectivity index (χ3v) is 2.83. The zero-order chi connectivity index (χ0) is 12.7. The average Bonchev–Trinajstić information content (AvgIpc) is 2.36. The zero-order valence-corrected chi connectivity index (χ0v) is 10.6. The normalized spacial score (nSPS) is 12.2. The molecule has 2 N–H and O–H groups in total. The summed E-state index contributed by atoms with van der Waals surface area (Å²) in [6.07, 6.45) is 1.98. The molecule has 0 aliphatic rings. The number of hydrogen-bond donors (Lipinski definition) is 1. The summed E-state index contributed by atoms with van der Waals surface area (Å²) in [5, 5.41) is 0. The van der Waals surface area contributed by atoms with E-state index in [0.717, 1.165) is 12.2 Å². The Morgan fingerprint density at radius 3 is 2.53 bits per heavy atom. The quantitative estimate of drug-likeness (QED) is 0.788. The molecule has 0 aliphatic heterocycles. The molecule has 17 heavy (non-hydrogen) atoms.